The second-order valence-electron chi connectivity index (χ2n) is 46.4. The number of halogens is 9. The molecule has 12 saturated carbocycles. The van der Waals surface area contributed by atoms with Crippen LogP contribution in [0.15, 0.2) is 132 Å². The van der Waals surface area contributed by atoms with Gasteiger partial charge >= 0.3 is 0 Å². The van der Waals surface area contributed by atoms with Crippen molar-refractivity contribution in [3.8, 4) is 23.0 Å². The minimum absolute atomic E-state index is 0.00101. The quantitative estimate of drug-likeness (QED) is 0.0455. The van der Waals surface area contributed by atoms with Gasteiger partial charge in [-0.2, -0.15) is 0 Å². The van der Waals surface area contributed by atoms with Crippen LogP contribution in [0.4, 0.5) is 22.0 Å². The van der Waals surface area contributed by atoms with Crippen LogP contribution < -0.4 is 18.9 Å². The molecular weight excluding hydrogens is 1930 g/mol. The molecule has 1 aromatic heterocycles. The number of fused-ring (bicyclic) bond motifs is 22. The number of aryl methyl sites for hydroxylation is 1. The summed E-state index contributed by atoms with van der Waals surface area (Å²) < 4.78 is 115. The largest absolute Gasteiger partial charge is 0.486 e. The van der Waals surface area contributed by atoms with Gasteiger partial charge in [0.2, 0.25) is 23.1 Å². The molecule has 3 aromatic carbocycles. The number of aliphatic hydroxyl groups is 7. The number of carbonyl (C=O) groups is 8. The van der Waals surface area contributed by atoms with Crippen LogP contribution in [0.5, 0.6) is 23.0 Å². The number of allylic oxidation sites excluding steroid dienone is 7. The minimum Gasteiger partial charge on any atom is -0.486 e. The standard InChI is InChI=1S/C31H36Cl2O6.C28H33F3O5.C27H31Cl2FO5.C26H32FNO5/c1-4-5-27-38-26-14-21-20-8-6-17-12-19(34)10-11-29(17,2)28(20)23(35)15-30(21,3)31(26,39-27)25(36)16-37-24-9-7-18(32)13-22(24)33;1-15-10-17(29)12-21(30)24(15)36-14-23(34)27(35)9-7-19-20-5-4-16-11-18(32)6-8-25(16,2)28(20,31)22(33)13-26(19,27)3;1-24-9-7-17(31)11-15(24)3-5-19-18-8-10-26(34,25(18,2)13-22(32)27(19,24)30)23(33)14-35-21-6-4-16(28)12-20(21)29;1-23-9-5-17(29)13-16(23)3-4-20-19-6-10-25(32,24(19,2)14-21(30)26(20,23)27)22(31)15-33-18-7-11-28-12-8-18/h7,9-13,20-21,23,26-28,35H,4-6,8,14-16H2,1-3H3;10-12,19-20,22,33,35H,4-9,13-14H2,1-3H3;4,6,11-12,18-19,22,32,34H,3,5,7-10,13-14H2,1-2H3;7-8,11-13,19-21,30,32H,3-6,9-10,14-15H2,1-2H3/t20?,21?,23-,26+,27?,28?,29?,30?,31+;19?,20?,22-,25?,26?,27-,28-;18?,19?,22-,24?,25?,26-,27-;19?,20?,21-,23?,24?,25-,26-/m0000/s1. The van der Waals surface area contributed by atoms with Crippen LogP contribution in [0.3, 0.4) is 0 Å². The summed E-state index contributed by atoms with van der Waals surface area (Å²) in [5.41, 5.74) is -15.6. The summed E-state index contributed by atoms with van der Waals surface area (Å²) in [6, 6.07) is 14.6. The molecule has 21 rings (SSSR count). The monoisotopic (exact) mass is 2060 g/mol. The van der Waals surface area contributed by atoms with Gasteiger partial charge in [-0.15, -0.1) is 0 Å². The first-order chi connectivity index (χ1) is 67.2. The van der Waals surface area contributed by atoms with Gasteiger partial charge in [0.1, 0.15) is 83.3 Å². The Kier molecular flexibility index (Phi) is 27.7. The Labute approximate surface area is 850 Å². The molecule has 17 aliphatic rings. The van der Waals surface area contributed by atoms with Crippen LogP contribution >= 0.6 is 46.4 Å². The van der Waals surface area contributed by atoms with E-state index >= 15 is 13.2 Å². The van der Waals surface area contributed by atoms with Crippen molar-refractivity contribution in [2.45, 2.75) is 319 Å². The number of aromatic nitrogens is 1. The van der Waals surface area contributed by atoms with Gasteiger partial charge in [-0.1, -0.05) is 144 Å². The van der Waals surface area contributed by atoms with Crippen molar-refractivity contribution in [3.63, 3.8) is 0 Å². The minimum atomic E-state index is -1.97. The van der Waals surface area contributed by atoms with E-state index in [2.05, 4.69) is 25.8 Å². The summed E-state index contributed by atoms with van der Waals surface area (Å²) in [4.78, 5) is 106. The van der Waals surface area contributed by atoms with Crippen molar-refractivity contribution < 1.29 is 124 Å². The van der Waals surface area contributed by atoms with Gasteiger partial charge in [-0.25, -0.2) is 22.0 Å². The van der Waals surface area contributed by atoms with Gasteiger partial charge in [0, 0.05) is 115 Å². The third-order valence-corrected chi connectivity index (χ3v) is 41.3. The summed E-state index contributed by atoms with van der Waals surface area (Å²) in [5, 5.41) is 82.5. The molecule has 1 aliphatic heterocycles. The van der Waals surface area contributed by atoms with Gasteiger partial charge in [-0.3, -0.25) is 43.3 Å². The third-order valence-electron chi connectivity index (χ3n) is 40.3. The van der Waals surface area contributed by atoms with Gasteiger partial charge in [-0.05, 0) is 275 Å². The van der Waals surface area contributed by atoms with Gasteiger partial charge in [0.05, 0.1) is 40.6 Å². The van der Waals surface area contributed by atoms with Gasteiger partial charge < -0.3 is 64.2 Å². The fourth-order valence-corrected chi connectivity index (χ4v) is 33.6. The van der Waals surface area contributed by atoms with Gasteiger partial charge in [0.15, 0.2) is 46.6 Å². The number of benzene rings is 3. The molecule has 2 heterocycles. The summed E-state index contributed by atoms with van der Waals surface area (Å²) >= 11 is 24.4. The SMILES string of the molecule is CC12C[C@H](O)[C@@]3(F)C(CCC4=CC(=O)CCC43C)C1CC[C@]2(O)C(=O)COc1ccc(Cl)cc1Cl.CC12C[C@H](O)[C@@]3(F)C(CCC4=CC(=O)CCC43C)C1CC[C@]2(O)C(=O)COc1ccncc1.CCCC1O[C@@H]2CC3C4CCC5=CC(=O)C=CC5(C)C4[C@@H](O)CC3(C)[C@]2(C(=O)COc2ccc(Cl)cc2Cl)O1.Cc1cc(F)cc(F)c1OCC(=O)[C@@]1(O)CCC2C3CCC4=CC(=O)CCC4(C)[C@@]3(F)[C@@H](O)CC21C. The van der Waals surface area contributed by atoms with Crippen LogP contribution in [0.1, 0.15) is 241 Å². The molecule has 774 valence electrons. The highest BCUT2D eigenvalue weighted by molar-refractivity contribution is 6.36. The average molecular weight is 2070 g/mol. The summed E-state index contributed by atoms with van der Waals surface area (Å²) in [5.74, 6) is -4.79. The molecule has 18 unspecified atom stereocenters. The van der Waals surface area contributed by atoms with Gasteiger partial charge in [0.25, 0.3) is 0 Å². The number of alkyl halides is 3. The maximum absolute atomic E-state index is 17.1. The maximum atomic E-state index is 17.1. The third kappa shape index (κ3) is 16.1. The topological polar surface area (TPSA) is 346 Å². The van der Waals surface area contributed by atoms with Crippen molar-refractivity contribution >= 4 is 92.7 Å². The molecule has 7 N–H and O–H groups in total. The number of hydrogen-bond acceptors (Lipinski definition) is 22. The molecule has 143 heavy (non-hydrogen) atoms. The lowest BCUT2D eigenvalue weighted by Crippen LogP contribution is -2.69. The average Bonchev–Trinajstić information content (AvgIpc) is 1.71. The van der Waals surface area contributed by atoms with E-state index in [1.807, 2.05) is 26.8 Å². The Hall–Kier alpha value is -7.48. The van der Waals surface area contributed by atoms with Crippen molar-refractivity contribution in [2.24, 2.45) is 96.6 Å². The highest BCUT2D eigenvalue weighted by Crippen LogP contribution is 2.76. The molecule has 0 radical (unpaired) electrons. The molecule has 1 saturated heterocycles. The van der Waals surface area contributed by atoms with Crippen LogP contribution in [0.2, 0.25) is 20.1 Å². The Morgan fingerprint density at radius 3 is 1.32 bits per heavy atom. The predicted octanol–water partition coefficient (Wildman–Crippen LogP) is 19.3. The van der Waals surface area contributed by atoms with E-state index in [1.54, 1.807) is 106 Å². The number of aliphatic hydroxyl groups excluding tert-OH is 4. The van der Waals surface area contributed by atoms with Crippen LogP contribution in [-0.2, 0) is 47.8 Å². The number of ketones is 8. The Morgan fingerprint density at radius 1 is 0.476 bits per heavy atom. The van der Waals surface area contributed by atoms with Crippen molar-refractivity contribution in [2.75, 3.05) is 26.4 Å². The van der Waals surface area contributed by atoms with Crippen molar-refractivity contribution in [1.82, 2.24) is 4.98 Å². The lowest BCUT2D eigenvalue weighted by Gasteiger charge is -2.63. The van der Waals surface area contributed by atoms with Crippen molar-refractivity contribution in [1.29, 1.82) is 0 Å². The molecule has 0 amide bonds. The Morgan fingerprint density at radius 2 is 0.895 bits per heavy atom. The van der Waals surface area contributed by atoms with E-state index in [1.165, 1.54) is 13.0 Å². The number of rotatable bonds is 18. The van der Waals surface area contributed by atoms with Crippen molar-refractivity contribution in [3.05, 3.63) is 169 Å². The normalized spacial score (nSPS) is 42.7. The summed E-state index contributed by atoms with van der Waals surface area (Å²) in [6.07, 6.45) is 18.6. The smallest absolute Gasteiger partial charge is 0.205 e. The zero-order chi connectivity index (χ0) is 103. The second kappa shape index (κ2) is 37.6. The first-order valence-corrected chi connectivity index (χ1v) is 52.6. The number of carbonyl (C=O) groups excluding carboxylic acids is 8. The lowest BCUT2D eigenvalue weighted by molar-refractivity contribution is -0.226. The number of pyridine rings is 1. The van der Waals surface area contributed by atoms with Crippen LogP contribution in [0.25, 0.3) is 0 Å². The number of nitrogens with zero attached hydrogens (tertiary/aromatic N) is 1. The summed E-state index contributed by atoms with van der Waals surface area (Å²) in [6.45, 7) is 17.1. The fraction of sp³-hybridized carbons (Fsp3) is 0.634. The first-order valence-electron chi connectivity index (χ1n) is 51.1. The number of Topliss-reactive ketones (excluding diaryl/α,β-unsaturated/α-hetero) is 4. The maximum Gasteiger partial charge on any atom is 0.205 e. The highest BCUT2D eigenvalue weighted by Gasteiger charge is 2.81. The van der Waals surface area contributed by atoms with E-state index in [4.69, 9.17) is 74.8 Å². The molecule has 22 nitrogen and oxygen atoms in total. The zero-order valence-electron chi connectivity index (χ0n) is 82.7. The molecule has 30 atom stereocenters. The van der Waals surface area contributed by atoms with E-state index < -0.39 is 174 Å². The van der Waals surface area contributed by atoms with E-state index in [9.17, 15) is 82.9 Å². The first kappa shape index (κ1) is 105. The molecule has 16 aliphatic carbocycles. The predicted molar refractivity (Wildman–Crippen MR) is 521 cm³/mol. The van der Waals surface area contributed by atoms with E-state index in [0.29, 0.717) is 129 Å². The number of hydrogen-bond donors (Lipinski definition) is 7. The molecule has 13 fully saturated rings. The molecule has 31 heteroatoms. The van der Waals surface area contributed by atoms with Crippen LogP contribution in [-0.4, -0.2) is 190 Å². The molecule has 0 spiro atoms. The second-order valence-corrected chi connectivity index (χ2v) is 48.1. The van der Waals surface area contributed by atoms with E-state index in [0.717, 1.165) is 47.6 Å². The lowest BCUT2D eigenvalue weighted by atomic mass is 9.44. The molecule has 0 bridgehead atoms. The Bertz CT molecular complexity index is 5960. The van der Waals surface area contributed by atoms with Crippen LogP contribution in [0, 0.1) is 115 Å². The molecule has 4 aromatic rings. The highest BCUT2D eigenvalue weighted by atomic mass is 35.5. The molecular formula is C112H132Cl4F5NO21. The Balaban J connectivity index is 0.000000126. The zero-order valence-corrected chi connectivity index (χ0v) is 85.7. The summed E-state index contributed by atoms with van der Waals surface area (Å²) in [7, 11) is 0. The van der Waals surface area contributed by atoms with E-state index in [-0.39, 0.29) is 163 Å². The fourth-order valence-electron chi connectivity index (χ4n) is 32.6. The number of ether oxygens (including phenoxy) is 6.